The molecule has 0 saturated carbocycles. The van der Waals surface area contributed by atoms with E-state index in [0.29, 0.717) is 0 Å². The van der Waals surface area contributed by atoms with Crippen LogP contribution >= 0.6 is 0 Å². The first-order valence-corrected chi connectivity index (χ1v) is 0.775. The molecule has 0 radical (unpaired) electrons. The standard InChI is InChI=1S/BH3O3.3H3N.5H2O/c2-1(3)4;;;;;;;;/h2-4H;3*1H3;5*1H2. The number of hydrogen-bond donors (Lipinski definition) is 6. The molecule has 88 valence electrons. The Balaban J connectivity index is -0.00000000161. The fraction of sp³-hybridized carbons (Fsp3) is 0. The maximum absolute atomic E-state index is 7.17. The Hall–Kier alpha value is -0.375. The molecule has 0 aromatic heterocycles. The van der Waals surface area contributed by atoms with Crippen molar-refractivity contribution in [3.63, 3.8) is 0 Å². The van der Waals surface area contributed by atoms with Crippen molar-refractivity contribution in [1.29, 1.82) is 0 Å². The van der Waals surface area contributed by atoms with E-state index in [1.165, 1.54) is 0 Å². The highest BCUT2D eigenvalue weighted by atomic mass is 16.5. The van der Waals surface area contributed by atoms with Crippen LogP contribution in [0.3, 0.4) is 0 Å². The second kappa shape index (κ2) is 143. The third-order valence-electron chi connectivity index (χ3n) is 0. The van der Waals surface area contributed by atoms with Gasteiger partial charge in [0.05, 0.1) is 0 Å². The average molecular weight is 203 g/mol. The quantitative estimate of drug-likeness (QED) is 0.208. The van der Waals surface area contributed by atoms with Gasteiger partial charge in [-0.3, -0.25) is 0 Å². The molecule has 0 atom stereocenters. The number of hydrogen-bond acceptors (Lipinski definition) is 6. The monoisotopic (exact) mass is 203 g/mol. The maximum Gasteiger partial charge on any atom is 0.631 e. The molecule has 0 amide bonds. The lowest BCUT2D eigenvalue weighted by Crippen LogP contribution is -2.07. The van der Waals surface area contributed by atoms with Crippen molar-refractivity contribution >= 4 is 7.32 Å². The van der Waals surface area contributed by atoms with Crippen molar-refractivity contribution in [3.05, 3.63) is 0 Å². The zero-order valence-corrected chi connectivity index (χ0v) is 6.54. The molecule has 0 spiro atoms. The van der Waals surface area contributed by atoms with Crippen LogP contribution in [0, 0.1) is 0 Å². The van der Waals surface area contributed by atoms with Crippen LogP contribution in [0.1, 0.15) is 0 Å². The van der Waals surface area contributed by atoms with Gasteiger partial charge in [-0.05, 0) is 0 Å². The zero-order valence-electron chi connectivity index (χ0n) is 6.54. The number of rotatable bonds is 0. The minimum absolute atomic E-state index is 0. The van der Waals surface area contributed by atoms with Crippen molar-refractivity contribution in [2.75, 3.05) is 0 Å². The van der Waals surface area contributed by atoms with Crippen LogP contribution in [-0.4, -0.2) is 49.8 Å². The minimum Gasteiger partial charge on any atom is -0.412 e. The SMILES string of the molecule is N.N.N.O.O.O.O.O.OB(O)O. The van der Waals surface area contributed by atoms with E-state index in [1.807, 2.05) is 0 Å². The molecule has 0 aliphatic carbocycles. The summed E-state index contributed by atoms with van der Waals surface area (Å²) < 4.78 is 0. The van der Waals surface area contributed by atoms with Gasteiger partial charge in [0.15, 0.2) is 0 Å². The summed E-state index contributed by atoms with van der Waals surface area (Å²) in [6, 6.07) is 0. The van der Waals surface area contributed by atoms with Gasteiger partial charge >= 0.3 is 7.32 Å². The summed E-state index contributed by atoms with van der Waals surface area (Å²) in [6.07, 6.45) is 0. The highest BCUT2D eigenvalue weighted by molar-refractivity contribution is 6.30. The zero-order chi connectivity index (χ0) is 3.58. The Morgan fingerprint density at radius 3 is 0.500 bits per heavy atom. The molecule has 11 nitrogen and oxygen atoms in total. The summed E-state index contributed by atoms with van der Waals surface area (Å²) in [4.78, 5) is 0. The van der Waals surface area contributed by atoms with Gasteiger partial charge in [0.1, 0.15) is 0 Å². The smallest absolute Gasteiger partial charge is 0.412 e. The van der Waals surface area contributed by atoms with Crippen molar-refractivity contribution in [1.82, 2.24) is 18.5 Å². The van der Waals surface area contributed by atoms with Gasteiger partial charge in [0.2, 0.25) is 0 Å². The van der Waals surface area contributed by atoms with Gasteiger partial charge in [-0.1, -0.05) is 0 Å². The Labute approximate surface area is 69.5 Å². The first-order chi connectivity index (χ1) is 1.73. The lowest BCUT2D eigenvalue weighted by molar-refractivity contribution is 0.278. The third-order valence-corrected chi connectivity index (χ3v) is 0. The summed E-state index contributed by atoms with van der Waals surface area (Å²) in [5, 5.41) is 21.5. The molecule has 12 heavy (non-hydrogen) atoms. The van der Waals surface area contributed by atoms with E-state index in [0.717, 1.165) is 0 Å². The lowest BCUT2D eigenvalue weighted by atomic mass is 10.3. The van der Waals surface area contributed by atoms with Crippen molar-refractivity contribution < 1.29 is 42.5 Å². The van der Waals surface area contributed by atoms with E-state index in [-0.39, 0.29) is 45.8 Å². The predicted octanol–water partition coefficient (Wildman–Crippen LogP) is -5.69. The molecule has 0 aromatic rings. The molecule has 0 unspecified atom stereocenters. The summed E-state index contributed by atoms with van der Waals surface area (Å²) >= 11 is 0. The first-order valence-electron chi connectivity index (χ1n) is 0.775. The maximum atomic E-state index is 7.17. The normalized spacial score (nSPS) is 2.25. The molecule has 0 aliphatic rings. The summed E-state index contributed by atoms with van der Waals surface area (Å²) in [5.74, 6) is 0. The van der Waals surface area contributed by atoms with Gasteiger partial charge < -0.3 is 60.9 Å². The van der Waals surface area contributed by atoms with Crippen LogP contribution in [-0.2, 0) is 0 Å². The van der Waals surface area contributed by atoms with E-state index in [9.17, 15) is 0 Å². The molecule has 0 heterocycles. The van der Waals surface area contributed by atoms with Crippen LogP contribution < -0.4 is 18.5 Å². The average Bonchev–Trinajstić information content (AvgIpc) is 0.811. The van der Waals surface area contributed by atoms with E-state index >= 15 is 0 Å². The Kier molecular flexibility index (Phi) is 2270. The summed E-state index contributed by atoms with van der Waals surface area (Å²) in [7, 11) is -2.17. The van der Waals surface area contributed by atoms with Crippen LogP contribution in [0.4, 0.5) is 0 Å². The first kappa shape index (κ1) is 190. The third kappa shape index (κ3) is 5090. The van der Waals surface area contributed by atoms with E-state index in [1.54, 1.807) is 0 Å². The van der Waals surface area contributed by atoms with Gasteiger partial charge in [0, 0.05) is 0 Å². The highest BCUT2D eigenvalue weighted by Gasteiger charge is 1.92. The van der Waals surface area contributed by atoms with Gasteiger partial charge in [0.25, 0.3) is 0 Å². The van der Waals surface area contributed by atoms with Crippen molar-refractivity contribution in [3.8, 4) is 0 Å². The molecular formula is H22BN3O8. The van der Waals surface area contributed by atoms with Crippen molar-refractivity contribution in [2.45, 2.75) is 0 Å². The second-order valence-corrected chi connectivity index (χ2v) is 0.346. The molecule has 0 aromatic carbocycles. The largest absolute Gasteiger partial charge is 0.631 e. The summed E-state index contributed by atoms with van der Waals surface area (Å²) in [6.45, 7) is 0. The van der Waals surface area contributed by atoms with Crippen molar-refractivity contribution in [2.24, 2.45) is 0 Å². The van der Waals surface area contributed by atoms with Gasteiger partial charge in [-0.25, -0.2) is 0 Å². The van der Waals surface area contributed by atoms with E-state index < -0.39 is 7.32 Å². The fourth-order valence-electron chi connectivity index (χ4n) is 0. The predicted molar refractivity (Wildman–Crippen MR) is 45.5 cm³/mol. The Morgan fingerprint density at radius 1 is 0.500 bits per heavy atom. The molecule has 0 bridgehead atoms. The molecule has 12 heteroatoms. The van der Waals surface area contributed by atoms with Gasteiger partial charge in [-0.15, -0.1) is 0 Å². The molecule has 22 N–H and O–H groups in total. The Morgan fingerprint density at radius 2 is 0.500 bits per heavy atom. The van der Waals surface area contributed by atoms with Gasteiger partial charge in [-0.2, -0.15) is 0 Å². The molecule has 0 aliphatic heterocycles. The van der Waals surface area contributed by atoms with Crippen LogP contribution in [0.2, 0.25) is 0 Å². The fourth-order valence-corrected chi connectivity index (χ4v) is 0. The molecule has 0 rings (SSSR count). The summed E-state index contributed by atoms with van der Waals surface area (Å²) in [5.41, 5.74) is 0. The van der Waals surface area contributed by atoms with E-state index in [2.05, 4.69) is 0 Å². The lowest BCUT2D eigenvalue weighted by Gasteiger charge is -1.69. The molecule has 0 saturated heterocycles. The highest BCUT2D eigenvalue weighted by Crippen LogP contribution is 1.40. The molecule has 0 fully saturated rings. The topological polar surface area (TPSA) is 323 Å². The Bertz CT molecular complexity index is 19.0. The van der Waals surface area contributed by atoms with E-state index in [4.69, 9.17) is 15.1 Å². The van der Waals surface area contributed by atoms with Crippen LogP contribution in [0.5, 0.6) is 0 Å². The van der Waals surface area contributed by atoms with Crippen LogP contribution in [0.25, 0.3) is 0 Å². The minimum atomic E-state index is -2.17. The molecular weight excluding hydrogens is 181 g/mol. The second-order valence-electron chi connectivity index (χ2n) is 0.346. The van der Waals surface area contributed by atoms with Crippen LogP contribution in [0.15, 0.2) is 0 Å².